The normalized spacial score (nSPS) is 10.6. The Morgan fingerprint density at radius 2 is 1.64 bits per heavy atom. The quantitative estimate of drug-likeness (QED) is 0.410. The molecule has 0 fully saturated rings. The minimum absolute atomic E-state index is 0. The van der Waals surface area contributed by atoms with E-state index in [4.69, 9.17) is 5.11 Å². The van der Waals surface area contributed by atoms with Gasteiger partial charge in [0.25, 0.3) is 0 Å². The molecule has 2 unspecified atom stereocenters. The third-order valence-corrected chi connectivity index (χ3v) is 1.96. The molecule has 0 heterocycles. The van der Waals surface area contributed by atoms with Crippen molar-refractivity contribution in [3.63, 3.8) is 0 Å². The van der Waals surface area contributed by atoms with Crippen LogP contribution in [0.2, 0.25) is 0 Å². The Balaban J connectivity index is -0.000000163. The second-order valence-corrected chi connectivity index (χ2v) is 3.51. The topological polar surface area (TPSA) is 110 Å². The summed E-state index contributed by atoms with van der Waals surface area (Å²) in [5, 5.41) is 8.20. The molecule has 14 heavy (non-hydrogen) atoms. The summed E-state index contributed by atoms with van der Waals surface area (Å²) in [6.45, 7) is 2.48. The summed E-state index contributed by atoms with van der Waals surface area (Å²) in [6.07, 6.45) is 3.33. The van der Waals surface area contributed by atoms with E-state index in [2.05, 4.69) is 11.2 Å². The first-order chi connectivity index (χ1) is 6.04. The summed E-state index contributed by atoms with van der Waals surface area (Å²) < 4.78 is 21.6. The minimum Gasteiger partial charge on any atom is -0.563 e. The van der Waals surface area contributed by atoms with Crippen LogP contribution in [0.5, 0.6) is 0 Å². The largest absolute Gasteiger partial charge is 2.00 e. The van der Waals surface area contributed by atoms with Crippen molar-refractivity contribution < 1.29 is 28.3 Å². The van der Waals surface area contributed by atoms with Gasteiger partial charge in [-0.1, -0.05) is 19.8 Å². The first-order valence-electron chi connectivity index (χ1n) is 3.62. The van der Waals surface area contributed by atoms with Gasteiger partial charge in [0.05, 0.1) is 0 Å². The van der Waals surface area contributed by atoms with Gasteiger partial charge in [0.2, 0.25) is 0 Å². The van der Waals surface area contributed by atoms with Gasteiger partial charge in [-0.25, -0.2) is 0 Å². The van der Waals surface area contributed by atoms with Gasteiger partial charge in [-0.15, -0.1) is 0 Å². The van der Waals surface area contributed by atoms with Crippen LogP contribution in [0.15, 0.2) is 0 Å². The molecule has 6 nitrogen and oxygen atoms in total. The number of hydrogen-bond donors (Lipinski definition) is 1. The van der Waals surface area contributed by atoms with Crippen molar-refractivity contribution in [2.45, 2.75) is 26.2 Å². The standard InChI is InChI=1S/C5H12O.Ba.O5P2/c1-2-3-4-5-6;;1-6(2)5-7(3)4/h6H,2-5H2,1H3;;/q;+2;. The average Bonchev–Trinajstić information content (AvgIpc) is 1.99. The molecule has 0 aliphatic carbocycles. The second kappa shape index (κ2) is 17.0. The first kappa shape index (κ1) is 21.0. The molecule has 0 amide bonds. The fourth-order valence-electron chi connectivity index (χ4n) is 0.416. The molecule has 0 radical (unpaired) electrons. The van der Waals surface area contributed by atoms with Crippen LogP contribution >= 0.6 is 16.5 Å². The third kappa shape index (κ3) is 29.2. The molecule has 1 N–H and O–H groups in total. The number of rotatable bonds is 5. The molecule has 2 atom stereocenters. The Hall–Kier alpha value is 1.61. The van der Waals surface area contributed by atoms with E-state index >= 15 is 0 Å². The van der Waals surface area contributed by atoms with Crippen molar-refractivity contribution in [1.29, 1.82) is 0 Å². The number of aliphatic hydroxyl groups is 1. The van der Waals surface area contributed by atoms with Crippen LogP contribution in [0.3, 0.4) is 0 Å². The van der Waals surface area contributed by atoms with Crippen LogP contribution in [-0.2, 0) is 13.4 Å². The van der Waals surface area contributed by atoms with Crippen molar-refractivity contribution in [1.82, 2.24) is 0 Å². The zero-order valence-corrected chi connectivity index (χ0v) is 14.1. The van der Waals surface area contributed by atoms with E-state index in [-0.39, 0.29) is 48.9 Å². The van der Waals surface area contributed by atoms with Gasteiger partial charge in [0, 0.05) is 6.61 Å². The van der Waals surface area contributed by atoms with Gasteiger partial charge in [-0.05, 0) is 15.6 Å². The van der Waals surface area contributed by atoms with Crippen LogP contribution in [-0.4, -0.2) is 60.6 Å². The minimum atomic E-state index is -3.24. The number of hydrogen-bond acceptors (Lipinski definition) is 6. The summed E-state index contributed by atoms with van der Waals surface area (Å²) in [6, 6.07) is 0. The van der Waals surface area contributed by atoms with Gasteiger partial charge in [0.15, 0.2) is 0 Å². The molecule has 0 rings (SSSR count). The Morgan fingerprint density at radius 3 is 1.71 bits per heavy atom. The smallest absolute Gasteiger partial charge is 0.563 e. The fourth-order valence-corrected chi connectivity index (χ4v) is 0.852. The zero-order chi connectivity index (χ0) is 10.7. The molecular weight excluding hydrogens is 355 g/mol. The molecule has 0 aliphatic heterocycles. The Kier molecular flexibility index (Phi) is 25.5. The predicted molar refractivity (Wildman–Crippen MR) is 48.7 cm³/mol. The Morgan fingerprint density at radius 1 is 1.21 bits per heavy atom. The van der Waals surface area contributed by atoms with Gasteiger partial charge < -0.3 is 14.9 Å². The summed E-state index contributed by atoms with van der Waals surface area (Å²) in [4.78, 5) is 18.5. The molecule has 0 aromatic rings. The zero-order valence-electron chi connectivity index (χ0n) is 7.92. The van der Waals surface area contributed by atoms with Crippen molar-refractivity contribution in [2.24, 2.45) is 0 Å². The summed E-state index contributed by atoms with van der Waals surface area (Å²) >= 11 is 0. The molecular formula is C5H12BaO6P2+2. The van der Waals surface area contributed by atoms with E-state index in [0.717, 1.165) is 12.8 Å². The van der Waals surface area contributed by atoms with Crippen LogP contribution in [0.4, 0.5) is 0 Å². The fraction of sp³-hybridized carbons (Fsp3) is 1.00. The SMILES string of the molecule is CCCCCO.O=[P+]([O-])O[P+](=O)[O-].[Ba+2]. The monoisotopic (exact) mass is 368 g/mol. The van der Waals surface area contributed by atoms with Crippen LogP contribution in [0.1, 0.15) is 26.2 Å². The van der Waals surface area contributed by atoms with Crippen molar-refractivity contribution in [2.75, 3.05) is 6.61 Å². The van der Waals surface area contributed by atoms with Crippen LogP contribution in [0, 0.1) is 0 Å². The van der Waals surface area contributed by atoms with E-state index in [1.54, 1.807) is 0 Å². The van der Waals surface area contributed by atoms with Crippen molar-refractivity contribution in [3.8, 4) is 0 Å². The van der Waals surface area contributed by atoms with Gasteiger partial charge in [-0.3, -0.25) is 0 Å². The van der Waals surface area contributed by atoms with E-state index in [1.165, 1.54) is 6.42 Å². The van der Waals surface area contributed by atoms with Crippen LogP contribution < -0.4 is 9.79 Å². The maximum atomic E-state index is 9.24. The molecule has 0 aliphatic rings. The molecule has 0 saturated carbocycles. The van der Waals surface area contributed by atoms with Crippen molar-refractivity contribution >= 4 is 65.4 Å². The molecule has 0 saturated heterocycles. The van der Waals surface area contributed by atoms with Gasteiger partial charge >= 0.3 is 65.4 Å². The maximum Gasteiger partial charge on any atom is 2.00 e. The Labute approximate surface area is 125 Å². The number of aliphatic hydroxyl groups excluding tert-OH is 1. The van der Waals surface area contributed by atoms with E-state index in [0.29, 0.717) is 6.61 Å². The average molecular weight is 367 g/mol. The Bertz CT molecular complexity index is 139. The van der Waals surface area contributed by atoms with E-state index in [1.807, 2.05) is 0 Å². The van der Waals surface area contributed by atoms with Gasteiger partial charge in [-0.2, -0.15) is 0 Å². The molecule has 0 aromatic carbocycles. The van der Waals surface area contributed by atoms with Gasteiger partial charge in [0.1, 0.15) is 4.31 Å². The third-order valence-electron chi connectivity index (χ3n) is 0.895. The second-order valence-electron chi connectivity index (χ2n) is 1.96. The molecule has 0 spiro atoms. The summed E-state index contributed by atoms with van der Waals surface area (Å²) in [5.74, 6) is 0. The summed E-state index contributed by atoms with van der Waals surface area (Å²) in [5.41, 5.74) is 0. The molecule has 9 heteroatoms. The predicted octanol–water partition coefficient (Wildman–Crippen LogP) is -0.174. The molecule has 0 bridgehead atoms. The van der Waals surface area contributed by atoms with Crippen molar-refractivity contribution in [3.05, 3.63) is 0 Å². The first-order valence-corrected chi connectivity index (χ1v) is 5.81. The van der Waals surface area contributed by atoms with E-state index < -0.39 is 16.5 Å². The van der Waals surface area contributed by atoms with E-state index in [9.17, 15) is 18.9 Å². The van der Waals surface area contributed by atoms with Crippen LogP contribution in [0.25, 0.3) is 0 Å². The molecule has 0 aromatic heterocycles. The summed E-state index contributed by atoms with van der Waals surface area (Å²) in [7, 11) is -6.47. The molecule has 78 valence electrons. The maximum absolute atomic E-state index is 9.24. The number of unbranched alkanes of at least 4 members (excludes halogenated alkanes) is 2.